The lowest BCUT2D eigenvalue weighted by atomic mass is 10.1. The highest BCUT2D eigenvalue weighted by atomic mass is 19.1. The van der Waals surface area contributed by atoms with Crippen LogP contribution in [0.5, 0.6) is 0 Å². The van der Waals surface area contributed by atoms with Gasteiger partial charge in [-0.15, -0.1) is 0 Å². The van der Waals surface area contributed by atoms with Crippen LogP contribution in [0.15, 0.2) is 24.3 Å². The van der Waals surface area contributed by atoms with E-state index in [9.17, 15) is 14.0 Å². The van der Waals surface area contributed by atoms with Crippen LogP contribution < -0.4 is 0 Å². The molecule has 0 aliphatic rings. The second-order valence-corrected chi connectivity index (χ2v) is 3.83. The molecule has 1 N–H and O–H groups in total. The summed E-state index contributed by atoms with van der Waals surface area (Å²) in [5.41, 5.74) is 0.697. The topological polar surface area (TPSA) is 63.6 Å². The number of carbonyl (C=O) groups is 2. The third-order valence-electron chi connectivity index (χ3n) is 2.43. The van der Waals surface area contributed by atoms with Gasteiger partial charge in [-0.25, -0.2) is 4.39 Å². The fraction of sp³-hybridized carbons (Fsp3) is 0.385. The molecule has 0 aromatic heterocycles. The number of rotatable bonds is 6. The fourth-order valence-corrected chi connectivity index (χ4v) is 1.49. The molecular weight excluding hydrogens is 239 g/mol. The molecule has 0 saturated carbocycles. The number of halogens is 1. The summed E-state index contributed by atoms with van der Waals surface area (Å²) >= 11 is 0. The minimum Gasteiger partial charge on any atom is -0.481 e. The molecule has 0 aliphatic heterocycles. The van der Waals surface area contributed by atoms with Crippen molar-refractivity contribution in [3.8, 4) is 0 Å². The number of hydrogen-bond donors (Lipinski definition) is 1. The molecule has 0 saturated heterocycles. The van der Waals surface area contributed by atoms with Gasteiger partial charge in [-0.05, 0) is 24.1 Å². The minimum absolute atomic E-state index is 0.160. The van der Waals surface area contributed by atoms with Crippen molar-refractivity contribution in [3.05, 3.63) is 35.6 Å². The molecule has 1 unspecified atom stereocenters. The molecule has 0 spiro atoms. The van der Waals surface area contributed by atoms with Crippen molar-refractivity contribution < 1.29 is 23.8 Å². The Kier molecular flexibility index (Phi) is 5.30. The zero-order valence-electron chi connectivity index (χ0n) is 10.1. The summed E-state index contributed by atoms with van der Waals surface area (Å²) in [7, 11) is 0. The first-order valence-electron chi connectivity index (χ1n) is 5.69. The average molecular weight is 254 g/mol. The zero-order valence-corrected chi connectivity index (χ0v) is 10.1. The van der Waals surface area contributed by atoms with Crippen LogP contribution >= 0.6 is 0 Å². The summed E-state index contributed by atoms with van der Waals surface area (Å²) in [6.45, 7) is 1.83. The summed E-state index contributed by atoms with van der Waals surface area (Å²) in [4.78, 5) is 21.7. The van der Waals surface area contributed by atoms with E-state index in [-0.39, 0.29) is 18.7 Å². The maximum Gasteiger partial charge on any atom is 0.306 e. The Morgan fingerprint density at radius 3 is 2.39 bits per heavy atom. The average Bonchev–Trinajstić information content (AvgIpc) is 2.34. The third kappa shape index (κ3) is 4.53. The van der Waals surface area contributed by atoms with E-state index < -0.39 is 18.0 Å². The molecule has 5 heteroatoms. The molecule has 18 heavy (non-hydrogen) atoms. The lowest BCUT2D eigenvalue weighted by Gasteiger charge is -2.16. The first-order valence-corrected chi connectivity index (χ1v) is 5.69. The number of benzene rings is 1. The molecule has 4 nitrogen and oxygen atoms in total. The van der Waals surface area contributed by atoms with Crippen molar-refractivity contribution in [2.45, 2.75) is 32.3 Å². The van der Waals surface area contributed by atoms with E-state index >= 15 is 0 Å². The van der Waals surface area contributed by atoms with Crippen LogP contribution in [-0.4, -0.2) is 17.0 Å². The number of carbonyl (C=O) groups excluding carboxylic acids is 1. The Morgan fingerprint density at radius 2 is 1.89 bits per heavy atom. The molecule has 1 aromatic carbocycles. The molecule has 0 heterocycles. The molecule has 1 rings (SSSR count). The van der Waals surface area contributed by atoms with Crippen LogP contribution in [0, 0.1) is 5.82 Å². The van der Waals surface area contributed by atoms with E-state index in [4.69, 9.17) is 9.84 Å². The van der Waals surface area contributed by atoms with Crippen LogP contribution in [0.1, 0.15) is 37.9 Å². The summed E-state index contributed by atoms with van der Waals surface area (Å²) < 4.78 is 17.9. The van der Waals surface area contributed by atoms with Crippen molar-refractivity contribution in [1.29, 1.82) is 0 Å². The SMILES string of the molecule is CCC(OC(=O)CCC(=O)O)c1ccc(F)cc1. The van der Waals surface area contributed by atoms with Crippen LogP contribution in [0.3, 0.4) is 0 Å². The number of aliphatic carboxylic acids is 1. The maximum absolute atomic E-state index is 12.8. The molecule has 1 aromatic rings. The van der Waals surface area contributed by atoms with E-state index in [2.05, 4.69) is 0 Å². The zero-order chi connectivity index (χ0) is 13.5. The summed E-state index contributed by atoms with van der Waals surface area (Å²) in [6, 6.07) is 5.69. The third-order valence-corrected chi connectivity index (χ3v) is 2.43. The fourth-order valence-electron chi connectivity index (χ4n) is 1.49. The molecule has 0 radical (unpaired) electrons. The highest BCUT2D eigenvalue weighted by Gasteiger charge is 2.15. The molecule has 98 valence electrons. The van der Waals surface area contributed by atoms with Crippen LogP contribution in [0.25, 0.3) is 0 Å². The Hall–Kier alpha value is -1.91. The predicted molar refractivity (Wildman–Crippen MR) is 62.4 cm³/mol. The summed E-state index contributed by atoms with van der Waals surface area (Å²) in [5, 5.41) is 8.45. The van der Waals surface area contributed by atoms with Gasteiger partial charge in [-0.3, -0.25) is 9.59 Å². The summed E-state index contributed by atoms with van der Waals surface area (Å²) in [6.07, 6.45) is -0.331. The highest BCUT2D eigenvalue weighted by molar-refractivity contribution is 5.76. The Bertz CT molecular complexity index is 414. The van der Waals surface area contributed by atoms with Crippen molar-refractivity contribution >= 4 is 11.9 Å². The maximum atomic E-state index is 12.8. The molecule has 0 bridgehead atoms. The van der Waals surface area contributed by atoms with Gasteiger partial charge in [0.1, 0.15) is 11.9 Å². The van der Waals surface area contributed by atoms with Gasteiger partial charge in [-0.2, -0.15) is 0 Å². The first-order chi connectivity index (χ1) is 8.52. The van der Waals surface area contributed by atoms with Gasteiger partial charge in [-0.1, -0.05) is 19.1 Å². The van der Waals surface area contributed by atoms with Gasteiger partial charge in [0, 0.05) is 0 Å². The number of carboxylic acid groups (broad SMARTS) is 1. The van der Waals surface area contributed by atoms with E-state index in [1.807, 2.05) is 6.92 Å². The van der Waals surface area contributed by atoms with Gasteiger partial charge in [0.05, 0.1) is 12.8 Å². The van der Waals surface area contributed by atoms with Crippen molar-refractivity contribution in [1.82, 2.24) is 0 Å². The van der Waals surface area contributed by atoms with E-state index in [1.54, 1.807) is 12.1 Å². The van der Waals surface area contributed by atoms with E-state index in [0.717, 1.165) is 0 Å². The van der Waals surface area contributed by atoms with Crippen molar-refractivity contribution in [3.63, 3.8) is 0 Å². The molecule has 0 aliphatic carbocycles. The van der Waals surface area contributed by atoms with Gasteiger partial charge < -0.3 is 9.84 Å². The lowest BCUT2D eigenvalue weighted by molar-refractivity contribution is -0.152. The highest BCUT2D eigenvalue weighted by Crippen LogP contribution is 2.22. The number of hydrogen-bond acceptors (Lipinski definition) is 3. The van der Waals surface area contributed by atoms with Crippen LogP contribution in [-0.2, 0) is 14.3 Å². The second kappa shape index (κ2) is 6.74. The van der Waals surface area contributed by atoms with Crippen LogP contribution in [0.2, 0.25) is 0 Å². The minimum atomic E-state index is -1.04. The van der Waals surface area contributed by atoms with Crippen LogP contribution in [0.4, 0.5) is 4.39 Å². The van der Waals surface area contributed by atoms with Gasteiger partial charge in [0.15, 0.2) is 0 Å². The van der Waals surface area contributed by atoms with Crippen molar-refractivity contribution in [2.75, 3.05) is 0 Å². The smallest absolute Gasteiger partial charge is 0.306 e. The van der Waals surface area contributed by atoms with Gasteiger partial charge in [0.25, 0.3) is 0 Å². The quantitative estimate of drug-likeness (QED) is 0.793. The van der Waals surface area contributed by atoms with E-state index in [1.165, 1.54) is 12.1 Å². The largest absolute Gasteiger partial charge is 0.481 e. The molecular formula is C13H15FO4. The molecule has 0 amide bonds. The van der Waals surface area contributed by atoms with E-state index in [0.29, 0.717) is 12.0 Å². The number of carboxylic acids is 1. The lowest BCUT2D eigenvalue weighted by Crippen LogP contribution is -2.12. The monoisotopic (exact) mass is 254 g/mol. The second-order valence-electron chi connectivity index (χ2n) is 3.83. The molecule has 1 atom stereocenters. The molecule has 0 fully saturated rings. The number of esters is 1. The van der Waals surface area contributed by atoms with Gasteiger partial charge >= 0.3 is 11.9 Å². The Morgan fingerprint density at radius 1 is 1.28 bits per heavy atom. The number of ether oxygens (including phenoxy) is 1. The first kappa shape index (κ1) is 14.2. The summed E-state index contributed by atoms with van der Waals surface area (Å²) in [5.74, 6) is -1.96. The van der Waals surface area contributed by atoms with Gasteiger partial charge in [0.2, 0.25) is 0 Å². The normalized spacial score (nSPS) is 11.9. The van der Waals surface area contributed by atoms with Crippen molar-refractivity contribution in [2.24, 2.45) is 0 Å². The predicted octanol–water partition coefficient (Wildman–Crippen LogP) is 2.68. The Labute approximate surface area is 104 Å². The Balaban J connectivity index is 2.59. The standard InChI is InChI=1S/C13H15FO4/c1-2-11(9-3-5-10(14)6-4-9)18-13(17)8-7-12(15)16/h3-6,11H,2,7-8H2,1H3,(H,15,16).